The SMILES string of the molecule is CCCCCNC(=O)C(=O)Nc1ccc(Br)cc1C. The van der Waals surface area contributed by atoms with Gasteiger partial charge in [0.25, 0.3) is 0 Å². The van der Waals surface area contributed by atoms with Crippen LogP contribution in [0, 0.1) is 6.92 Å². The second-order valence-electron chi connectivity index (χ2n) is 4.38. The first-order valence-corrected chi connectivity index (χ1v) is 7.19. The summed E-state index contributed by atoms with van der Waals surface area (Å²) in [4.78, 5) is 23.2. The van der Waals surface area contributed by atoms with E-state index in [2.05, 4.69) is 33.5 Å². The van der Waals surface area contributed by atoms with Crippen LogP contribution in [0.4, 0.5) is 5.69 Å². The Hall–Kier alpha value is -1.36. The van der Waals surface area contributed by atoms with Crippen molar-refractivity contribution in [2.24, 2.45) is 0 Å². The van der Waals surface area contributed by atoms with Gasteiger partial charge in [0, 0.05) is 16.7 Å². The quantitative estimate of drug-likeness (QED) is 0.645. The van der Waals surface area contributed by atoms with E-state index in [4.69, 9.17) is 0 Å². The summed E-state index contributed by atoms with van der Waals surface area (Å²) in [6.07, 6.45) is 3.03. The number of halogens is 1. The molecule has 1 aromatic carbocycles. The predicted octanol–water partition coefficient (Wildman–Crippen LogP) is 3.00. The van der Waals surface area contributed by atoms with Crippen LogP contribution in [-0.2, 0) is 9.59 Å². The van der Waals surface area contributed by atoms with Gasteiger partial charge in [-0.05, 0) is 37.1 Å². The Bertz CT molecular complexity index is 461. The van der Waals surface area contributed by atoms with Gasteiger partial charge in [0.1, 0.15) is 0 Å². The van der Waals surface area contributed by atoms with Gasteiger partial charge in [-0.2, -0.15) is 0 Å². The van der Waals surface area contributed by atoms with Gasteiger partial charge in [-0.3, -0.25) is 9.59 Å². The highest BCUT2D eigenvalue weighted by molar-refractivity contribution is 9.10. The Balaban J connectivity index is 2.47. The third-order valence-corrected chi connectivity index (χ3v) is 3.20. The monoisotopic (exact) mass is 326 g/mol. The number of hydrogen-bond donors (Lipinski definition) is 2. The van der Waals surface area contributed by atoms with E-state index in [1.165, 1.54) is 0 Å². The first kappa shape index (κ1) is 15.7. The van der Waals surface area contributed by atoms with Gasteiger partial charge >= 0.3 is 11.8 Å². The van der Waals surface area contributed by atoms with Crippen molar-refractivity contribution in [2.75, 3.05) is 11.9 Å². The third kappa shape index (κ3) is 5.42. The molecule has 0 aromatic heterocycles. The number of unbranched alkanes of at least 4 members (excludes halogenated alkanes) is 2. The van der Waals surface area contributed by atoms with Gasteiger partial charge in [-0.1, -0.05) is 35.7 Å². The molecule has 0 spiro atoms. The van der Waals surface area contributed by atoms with Crippen LogP contribution in [0.15, 0.2) is 22.7 Å². The summed E-state index contributed by atoms with van der Waals surface area (Å²) in [5.41, 5.74) is 1.55. The molecule has 1 rings (SSSR count). The smallest absolute Gasteiger partial charge is 0.313 e. The fraction of sp³-hybridized carbons (Fsp3) is 0.429. The van der Waals surface area contributed by atoms with Crippen LogP contribution in [-0.4, -0.2) is 18.4 Å². The lowest BCUT2D eigenvalue weighted by Gasteiger charge is -2.09. The van der Waals surface area contributed by atoms with Gasteiger partial charge in [0.15, 0.2) is 0 Å². The maximum atomic E-state index is 11.7. The fourth-order valence-corrected chi connectivity index (χ4v) is 2.08. The Morgan fingerprint density at radius 3 is 2.58 bits per heavy atom. The summed E-state index contributed by atoms with van der Waals surface area (Å²) < 4.78 is 0.937. The molecule has 0 radical (unpaired) electrons. The normalized spacial score (nSPS) is 10.1. The summed E-state index contributed by atoms with van der Waals surface area (Å²) in [5.74, 6) is -1.21. The molecule has 19 heavy (non-hydrogen) atoms. The minimum absolute atomic E-state index is 0.541. The Labute approximate surface area is 122 Å². The molecule has 0 aliphatic carbocycles. The minimum atomic E-state index is -0.623. The van der Waals surface area contributed by atoms with Crippen molar-refractivity contribution in [3.63, 3.8) is 0 Å². The second kappa shape index (κ2) is 7.94. The van der Waals surface area contributed by atoms with Crippen molar-refractivity contribution in [3.8, 4) is 0 Å². The molecule has 2 amide bonds. The van der Waals surface area contributed by atoms with E-state index in [9.17, 15) is 9.59 Å². The van der Waals surface area contributed by atoms with E-state index in [-0.39, 0.29) is 0 Å². The van der Waals surface area contributed by atoms with Crippen molar-refractivity contribution >= 4 is 33.4 Å². The lowest BCUT2D eigenvalue weighted by molar-refractivity contribution is -0.136. The Kier molecular flexibility index (Phi) is 6.56. The largest absolute Gasteiger partial charge is 0.348 e. The number of aryl methyl sites for hydroxylation is 1. The van der Waals surface area contributed by atoms with E-state index in [1.807, 2.05) is 19.1 Å². The highest BCUT2D eigenvalue weighted by Gasteiger charge is 2.13. The van der Waals surface area contributed by atoms with Crippen molar-refractivity contribution in [1.29, 1.82) is 0 Å². The number of rotatable bonds is 5. The molecule has 0 heterocycles. The van der Waals surface area contributed by atoms with Crippen molar-refractivity contribution in [3.05, 3.63) is 28.2 Å². The van der Waals surface area contributed by atoms with E-state index in [1.54, 1.807) is 6.07 Å². The molecular weight excluding hydrogens is 308 g/mol. The number of nitrogens with one attached hydrogen (secondary N) is 2. The number of carbonyl (C=O) groups excluding carboxylic acids is 2. The fourth-order valence-electron chi connectivity index (χ4n) is 1.60. The molecule has 0 aliphatic heterocycles. The number of hydrogen-bond acceptors (Lipinski definition) is 2. The van der Waals surface area contributed by atoms with Crippen LogP contribution in [0.3, 0.4) is 0 Å². The highest BCUT2D eigenvalue weighted by atomic mass is 79.9. The zero-order valence-corrected chi connectivity index (χ0v) is 12.8. The van der Waals surface area contributed by atoms with Gasteiger partial charge in [0.05, 0.1) is 0 Å². The van der Waals surface area contributed by atoms with E-state index in [0.717, 1.165) is 29.3 Å². The van der Waals surface area contributed by atoms with Gasteiger partial charge in [0.2, 0.25) is 0 Å². The first-order valence-electron chi connectivity index (χ1n) is 6.40. The lowest BCUT2D eigenvalue weighted by Crippen LogP contribution is -2.36. The number of anilines is 1. The molecule has 2 N–H and O–H groups in total. The number of amides is 2. The summed E-state index contributed by atoms with van der Waals surface area (Å²) in [5, 5.41) is 5.21. The topological polar surface area (TPSA) is 58.2 Å². The Morgan fingerprint density at radius 1 is 1.21 bits per heavy atom. The van der Waals surface area contributed by atoms with Crippen molar-refractivity contribution in [1.82, 2.24) is 5.32 Å². The average Bonchev–Trinajstić information content (AvgIpc) is 2.37. The summed E-state index contributed by atoms with van der Waals surface area (Å²) >= 11 is 3.35. The molecular formula is C14H19BrN2O2. The summed E-state index contributed by atoms with van der Waals surface area (Å²) in [6.45, 7) is 4.50. The molecule has 0 unspecified atom stereocenters. The molecule has 104 valence electrons. The van der Waals surface area contributed by atoms with Crippen molar-refractivity contribution < 1.29 is 9.59 Å². The molecule has 4 nitrogen and oxygen atoms in total. The first-order chi connectivity index (χ1) is 9.04. The molecule has 0 bridgehead atoms. The standard InChI is InChI=1S/C14H19BrN2O2/c1-3-4-5-8-16-13(18)14(19)17-12-7-6-11(15)9-10(12)2/h6-7,9H,3-5,8H2,1-2H3,(H,16,18)(H,17,19). The van der Waals surface area contributed by atoms with Crippen LogP contribution < -0.4 is 10.6 Å². The van der Waals surface area contributed by atoms with E-state index in [0.29, 0.717) is 12.2 Å². The molecule has 0 atom stereocenters. The number of carbonyl (C=O) groups is 2. The van der Waals surface area contributed by atoms with Crippen molar-refractivity contribution in [2.45, 2.75) is 33.1 Å². The van der Waals surface area contributed by atoms with Crippen LogP contribution >= 0.6 is 15.9 Å². The minimum Gasteiger partial charge on any atom is -0.348 e. The Morgan fingerprint density at radius 2 is 1.95 bits per heavy atom. The summed E-state index contributed by atoms with van der Waals surface area (Å²) in [6, 6.07) is 5.47. The predicted molar refractivity (Wildman–Crippen MR) is 80.0 cm³/mol. The molecule has 5 heteroatoms. The molecule has 0 fully saturated rings. The number of benzene rings is 1. The molecule has 0 saturated carbocycles. The van der Waals surface area contributed by atoms with Gasteiger partial charge in [-0.25, -0.2) is 0 Å². The third-order valence-electron chi connectivity index (χ3n) is 2.71. The molecule has 1 aromatic rings. The highest BCUT2D eigenvalue weighted by Crippen LogP contribution is 2.19. The zero-order chi connectivity index (χ0) is 14.3. The average molecular weight is 327 g/mol. The summed E-state index contributed by atoms with van der Waals surface area (Å²) in [7, 11) is 0. The molecule has 0 saturated heterocycles. The lowest BCUT2D eigenvalue weighted by atomic mass is 10.2. The zero-order valence-electron chi connectivity index (χ0n) is 11.3. The van der Waals surface area contributed by atoms with Crippen LogP contribution in [0.5, 0.6) is 0 Å². The van der Waals surface area contributed by atoms with Crippen LogP contribution in [0.2, 0.25) is 0 Å². The van der Waals surface area contributed by atoms with E-state index < -0.39 is 11.8 Å². The van der Waals surface area contributed by atoms with Gasteiger partial charge < -0.3 is 10.6 Å². The molecule has 0 aliphatic rings. The van der Waals surface area contributed by atoms with E-state index >= 15 is 0 Å². The van der Waals surface area contributed by atoms with Crippen LogP contribution in [0.25, 0.3) is 0 Å². The van der Waals surface area contributed by atoms with Gasteiger partial charge in [-0.15, -0.1) is 0 Å². The second-order valence-corrected chi connectivity index (χ2v) is 5.29. The maximum Gasteiger partial charge on any atom is 0.313 e. The van der Waals surface area contributed by atoms with Crippen LogP contribution in [0.1, 0.15) is 31.7 Å². The maximum absolute atomic E-state index is 11.7.